The van der Waals surface area contributed by atoms with Gasteiger partial charge in [-0.1, -0.05) is 42.5 Å². The largest absolute Gasteiger partial charge is 0.274 e. The molecule has 8 atom stereocenters. The summed E-state index contributed by atoms with van der Waals surface area (Å²) in [4.78, 5) is 57.5. The molecule has 4 bridgehead atoms. The minimum Gasteiger partial charge on any atom is -0.274 e. The lowest BCUT2D eigenvalue weighted by Gasteiger charge is -2.30. The van der Waals surface area contributed by atoms with Crippen molar-refractivity contribution in [2.45, 2.75) is 38.5 Å². The van der Waals surface area contributed by atoms with Crippen LogP contribution in [0.5, 0.6) is 0 Å². The zero-order chi connectivity index (χ0) is 26.4. The summed E-state index contributed by atoms with van der Waals surface area (Å²) in [7, 11) is 0. The molecule has 0 aromatic heterocycles. The van der Waals surface area contributed by atoms with E-state index in [0.29, 0.717) is 11.4 Å². The molecule has 4 aliphatic carbocycles. The molecule has 6 heteroatoms. The molecule has 8 unspecified atom stereocenters. The van der Waals surface area contributed by atoms with Crippen LogP contribution in [-0.4, -0.2) is 23.6 Å². The Hall–Kier alpha value is -3.54. The highest BCUT2D eigenvalue weighted by atomic mass is 16.2. The van der Waals surface area contributed by atoms with Crippen LogP contribution in [-0.2, 0) is 19.2 Å². The van der Waals surface area contributed by atoms with Crippen LogP contribution >= 0.6 is 0 Å². The third kappa shape index (κ3) is 2.83. The normalized spacial score (nSPS) is 39.6. The Balaban J connectivity index is 1.20. The van der Waals surface area contributed by atoms with E-state index in [2.05, 4.69) is 37.5 Å². The average molecular weight is 509 g/mol. The summed E-state index contributed by atoms with van der Waals surface area (Å²) in [6.07, 6.45) is 17.1. The Morgan fingerprint density at radius 1 is 0.737 bits per heavy atom. The molecule has 0 radical (unpaired) electrons. The number of hydrogen-bond donors (Lipinski definition) is 0. The van der Waals surface area contributed by atoms with Crippen molar-refractivity contribution in [3.8, 4) is 0 Å². The van der Waals surface area contributed by atoms with Crippen molar-refractivity contribution in [3.05, 3.63) is 73.9 Å². The second-order valence-corrected chi connectivity index (χ2v) is 12.1. The van der Waals surface area contributed by atoms with Crippen LogP contribution in [0.2, 0.25) is 0 Å². The van der Waals surface area contributed by atoms with Crippen LogP contribution in [0.3, 0.4) is 0 Å². The quantitative estimate of drug-likeness (QED) is 0.367. The molecule has 2 saturated heterocycles. The molecule has 7 rings (SSSR count). The third-order valence-electron chi connectivity index (χ3n) is 10.4. The molecule has 2 aliphatic heterocycles. The fourth-order valence-corrected chi connectivity index (χ4v) is 8.89. The van der Waals surface area contributed by atoms with Crippen molar-refractivity contribution < 1.29 is 19.2 Å². The van der Waals surface area contributed by atoms with Crippen LogP contribution in [0.1, 0.15) is 38.5 Å². The molecular formula is C32H32N2O4. The van der Waals surface area contributed by atoms with Crippen LogP contribution < -0.4 is 9.80 Å². The summed E-state index contributed by atoms with van der Waals surface area (Å²) in [5.74, 6) is -1.96. The lowest BCUT2D eigenvalue weighted by Crippen LogP contribution is -2.37. The first-order chi connectivity index (χ1) is 18.4. The fourth-order valence-electron chi connectivity index (χ4n) is 8.89. The molecule has 194 valence electrons. The number of fused-ring (bicyclic) bond motifs is 10. The summed E-state index contributed by atoms with van der Waals surface area (Å²) in [5, 5.41) is 0. The zero-order valence-electron chi connectivity index (χ0n) is 21.4. The van der Waals surface area contributed by atoms with E-state index in [4.69, 9.17) is 0 Å². The molecule has 2 saturated carbocycles. The van der Waals surface area contributed by atoms with Gasteiger partial charge in [0, 0.05) is 10.8 Å². The van der Waals surface area contributed by atoms with Crippen LogP contribution in [0, 0.1) is 46.3 Å². The van der Waals surface area contributed by atoms with E-state index < -0.39 is 0 Å². The number of allylic oxidation sites excluding steroid dienone is 6. The van der Waals surface area contributed by atoms with Gasteiger partial charge in [0.1, 0.15) is 0 Å². The van der Waals surface area contributed by atoms with Crippen molar-refractivity contribution in [1.82, 2.24) is 0 Å². The third-order valence-corrected chi connectivity index (χ3v) is 10.4. The Kier molecular flexibility index (Phi) is 4.95. The second kappa shape index (κ2) is 7.98. The summed E-state index contributed by atoms with van der Waals surface area (Å²) >= 11 is 0. The number of imide groups is 2. The molecule has 0 spiro atoms. The summed E-state index contributed by atoms with van der Waals surface area (Å²) in [6.45, 7) is 7.68. The van der Waals surface area contributed by atoms with Crippen molar-refractivity contribution in [1.29, 1.82) is 0 Å². The van der Waals surface area contributed by atoms with Gasteiger partial charge in [-0.15, -0.1) is 13.2 Å². The van der Waals surface area contributed by atoms with E-state index in [1.165, 1.54) is 9.80 Å². The number of nitrogens with zero attached hydrogens (tertiary/aromatic N) is 2. The highest BCUT2D eigenvalue weighted by Gasteiger charge is 2.67. The highest BCUT2D eigenvalue weighted by Crippen LogP contribution is 2.64. The van der Waals surface area contributed by atoms with Gasteiger partial charge in [0.25, 0.3) is 0 Å². The van der Waals surface area contributed by atoms with E-state index in [0.717, 1.165) is 38.5 Å². The Labute approximate surface area is 222 Å². The van der Waals surface area contributed by atoms with Gasteiger partial charge in [-0.3, -0.25) is 19.2 Å². The number of carbonyl (C=O) groups excluding carboxylic acids is 4. The molecule has 38 heavy (non-hydrogen) atoms. The Morgan fingerprint density at radius 2 is 1.18 bits per heavy atom. The van der Waals surface area contributed by atoms with Crippen molar-refractivity contribution in [2.24, 2.45) is 46.3 Å². The number of rotatable bonds is 8. The van der Waals surface area contributed by atoms with E-state index in [1.807, 2.05) is 12.2 Å². The molecule has 4 amide bonds. The van der Waals surface area contributed by atoms with E-state index in [9.17, 15) is 19.2 Å². The molecular weight excluding hydrogens is 476 g/mol. The van der Waals surface area contributed by atoms with E-state index in [-0.39, 0.29) is 70.0 Å². The standard InChI is InChI=1S/C32H32N2O4/c1-3-5-12-31-14-10-19(17-31)23-25(31)29(37)33(27(23)35)21-8-7-9-22(16-21)34-28(36)24-20-11-15-32(18-20,13-6-4-2)26(24)30(34)38/h3-4,7-11,14-16,19-20,23-26H,1-2,5-6,12-13,17-18H2. The lowest BCUT2D eigenvalue weighted by molar-refractivity contribution is -0.125. The molecule has 6 nitrogen and oxygen atoms in total. The smallest absolute Gasteiger partial charge is 0.238 e. The fraction of sp³-hybridized carbons (Fsp3) is 0.438. The molecule has 6 aliphatic rings. The van der Waals surface area contributed by atoms with Gasteiger partial charge in [0.05, 0.1) is 35.0 Å². The minimum absolute atomic E-state index is 0.0743. The predicted octanol–water partition coefficient (Wildman–Crippen LogP) is 4.98. The van der Waals surface area contributed by atoms with E-state index in [1.54, 1.807) is 24.3 Å². The summed E-state index contributed by atoms with van der Waals surface area (Å²) in [6, 6.07) is 6.86. The molecule has 4 fully saturated rings. The van der Waals surface area contributed by atoms with Gasteiger partial charge >= 0.3 is 0 Å². The SMILES string of the molecule is C=CCCC12C=CC(C1)C1C(=O)N(c3cccc(N4C(=O)C5C6C=CC(CCC=C)(C6)C5C4=O)c3)C(=O)C12. The Bertz CT molecular complexity index is 1280. The van der Waals surface area contributed by atoms with Gasteiger partial charge in [0.15, 0.2) is 0 Å². The minimum atomic E-state index is -0.366. The number of amides is 4. The lowest BCUT2D eigenvalue weighted by atomic mass is 9.72. The maximum absolute atomic E-state index is 13.8. The molecule has 1 aromatic carbocycles. The van der Waals surface area contributed by atoms with Crippen LogP contribution in [0.4, 0.5) is 11.4 Å². The maximum atomic E-state index is 13.8. The number of carbonyl (C=O) groups is 4. The monoisotopic (exact) mass is 508 g/mol. The topological polar surface area (TPSA) is 74.8 Å². The second-order valence-electron chi connectivity index (χ2n) is 12.1. The first-order valence-corrected chi connectivity index (χ1v) is 13.8. The van der Waals surface area contributed by atoms with Crippen molar-refractivity contribution in [3.63, 3.8) is 0 Å². The first kappa shape index (κ1) is 23.6. The average Bonchev–Trinajstić information content (AvgIpc) is 3.73. The molecule has 1 aromatic rings. The van der Waals surface area contributed by atoms with E-state index >= 15 is 0 Å². The zero-order valence-corrected chi connectivity index (χ0v) is 21.4. The van der Waals surface area contributed by atoms with Gasteiger partial charge in [-0.05, 0) is 68.6 Å². The highest BCUT2D eigenvalue weighted by molar-refractivity contribution is 6.25. The summed E-state index contributed by atoms with van der Waals surface area (Å²) < 4.78 is 0. The van der Waals surface area contributed by atoms with Crippen LogP contribution in [0.25, 0.3) is 0 Å². The number of benzene rings is 1. The predicted molar refractivity (Wildman–Crippen MR) is 144 cm³/mol. The van der Waals surface area contributed by atoms with Crippen LogP contribution in [0.15, 0.2) is 73.9 Å². The Morgan fingerprint density at radius 3 is 1.61 bits per heavy atom. The summed E-state index contributed by atoms with van der Waals surface area (Å²) in [5.41, 5.74) is 0.274. The van der Waals surface area contributed by atoms with Crippen molar-refractivity contribution in [2.75, 3.05) is 9.80 Å². The molecule has 0 N–H and O–H groups in total. The first-order valence-electron chi connectivity index (χ1n) is 13.8. The van der Waals surface area contributed by atoms with Crippen molar-refractivity contribution >= 4 is 35.0 Å². The van der Waals surface area contributed by atoms with Gasteiger partial charge in [-0.2, -0.15) is 0 Å². The maximum Gasteiger partial charge on any atom is 0.238 e. The molecule has 2 heterocycles. The van der Waals surface area contributed by atoms with Gasteiger partial charge < -0.3 is 0 Å². The number of anilines is 2. The van der Waals surface area contributed by atoms with Gasteiger partial charge in [-0.25, -0.2) is 9.80 Å². The van der Waals surface area contributed by atoms with Gasteiger partial charge in [0.2, 0.25) is 23.6 Å². The number of hydrogen-bond acceptors (Lipinski definition) is 4.